The van der Waals surface area contributed by atoms with Gasteiger partial charge >= 0.3 is 5.97 Å². The van der Waals surface area contributed by atoms with E-state index < -0.39 is 11.2 Å². The van der Waals surface area contributed by atoms with Crippen LogP contribution in [0, 0.1) is 0 Å². The van der Waals surface area contributed by atoms with E-state index in [0.29, 0.717) is 18.1 Å². The predicted molar refractivity (Wildman–Crippen MR) is 90.0 cm³/mol. The summed E-state index contributed by atoms with van der Waals surface area (Å²) in [5, 5.41) is 9.52. The van der Waals surface area contributed by atoms with Crippen molar-refractivity contribution in [3.63, 3.8) is 0 Å². The zero-order valence-electron chi connectivity index (χ0n) is 12.2. The van der Waals surface area contributed by atoms with Crippen LogP contribution in [0.3, 0.4) is 0 Å². The maximum Gasteiger partial charge on any atom is 0.317 e. The Balaban J connectivity index is 2.05. The van der Waals surface area contributed by atoms with Gasteiger partial charge in [-0.3, -0.25) is 4.79 Å². The third-order valence-corrected chi connectivity index (χ3v) is 4.47. The number of rotatable bonds is 7. The van der Waals surface area contributed by atoms with Crippen molar-refractivity contribution in [1.82, 2.24) is 0 Å². The molecule has 0 saturated carbocycles. The number of aliphatic carboxylic acids is 1. The van der Waals surface area contributed by atoms with Crippen LogP contribution in [0.15, 0.2) is 53.4 Å². The van der Waals surface area contributed by atoms with Crippen molar-refractivity contribution in [2.75, 3.05) is 6.61 Å². The Bertz CT molecular complexity index is 611. The molecular formula is C17H17ClO3S. The molecule has 0 aliphatic heterocycles. The van der Waals surface area contributed by atoms with E-state index in [9.17, 15) is 9.90 Å². The molecule has 2 rings (SSSR count). The van der Waals surface area contributed by atoms with Gasteiger partial charge in [-0.1, -0.05) is 23.7 Å². The highest BCUT2D eigenvalue weighted by Gasteiger charge is 2.19. The van der Waals surface area contributed by atoms with Crippen molar-refractivity contribution >= 4 is 29.3 Å². The van der Waals surface area contributed by atoms with Crippen LogP contribution in [0.5, 0.6) is 5.75 Å². The van der Waals surface area contributed by atoms with Crippen LogP contribution < -0.4 is 4.74 Å². The topological polar surface area (TPSA) is 46.5 Å². The molecule has 2 aromatic carbocycles. The second-order valence-corrected chi connectivity index (χ2v) is 6.39. The minimum atomic E-state index is -0.825. The Hall–Kier alpha value is -1.65. The summed E-state index contributed by atoms with van der Waals surface area (Å²) in [4.78, 5) is 12.4. The molecule has 0 unspecified atom stereocenters. The van der Waals surface area contributed by atoms with Crippen LogP contribution in [-0.4, -0.2) is 22.9 Å². The first-order valence-corrected chi connectivity index (χ1v) is 8.21. The van der Waals surface area contributed by atoms with Gasteiger partial charge in [0.25, 0.3) is 0 Å². The number of thioether (sulfide) groups is 1. The molecule has 0 saturated heterocycles. The van der Waals surface area contributed by atoms with E-state index in [-0.39, 0.29) is 0 Å². The maximum atomic E-state index is 11.5. The van der Waals surface area contributed by atoms with Crippen LogP contribution in [0.1, 0.15) is 12.5 Å². The fourth-order valence-electron chi connectivity index (χ4n) is 1.96. The molecule has 2 aromatic rings. The van der Waals surface area contributed by atoms with E-state index in [2.05, 4.69) is 0 Å². The van der Waals surface area contributed by atoms with Gasteiger partial charge < -0.3 is 9.84 Å². The summed E-state index contributed by atoms with van der Waals surface area (Å²) in [6.45, 7) is 2.54. The van der Waals surface area contributed by atoms with Gasteiger partial charge in [-0.05, 0) is 55.3 Å². The van der Waals surface area contributed by atoms with Gasteiger partial charge in [-0.2, -0.15) is 0 Å². The highest BCUT2D eigenvalue weighted by atomic mass is 35.5. The fourth-order valence-corrected chi connectivity index (χ4v) is 3.08. The second-order valence-electron chi connectivity index (χ2n) is 4.68. The van der Waals surface area contributed by atoms with Crippen LogP contribution >= 0.6 is 23.4 Å². The predicted octanol–water partition coefficient (Wildman–Crippen LogP) is 4.53. The van der Waals surface area contributed by atoms with Crippen molar-refractivity contribution in [2.45, 2.75) is 23.5 Å². The highest BCUT2D eigenvalue weighted by molar-refractivity contribution is 8.00. The molecule has 3 nitrogen and oxygen atoms in total. The molecule has 0 aromatic heterocycles. The average molecular weight is 337 g/mol. The fraction of sp³-hybridized carbons (Fsp3) is 0.235. The summed E-state index contributed by atoms with van der Waals surface area (Å²) >= 11 is 7.17. The van der Waals surface area contributed by atoms with Crippen LogP contribution in [-0.2, 0) is 11.2 Å². The summed E-state index contributed by atoms with van der Waals surface area (Å²) in [6.07, 6.45) is 0.453. The molecule has 22 heavy (non-hydrogen) atoms. The Morgan fingerprint density at radius 1 is 1.18 bits per heavy atom. The van der Waals surface area contributed by atoms with E-state index in [1.165, 1.54) is 11.8 Å². The van der Waals surface area contributed by atoms with E-state index in [4.69, 9.17) is 16.3 Å². The number of carboxylic acids is 1. The summed E-state index contributed by atoms with van der Waals surface area (Å²) in [5.74, 6) is -0.0303. The van der Waals surface area contributed by atoms with Crippen molar-refractivity contribution < 1.29 is 14.6 Å². The second kappa shape index (κ2) is 8.11. The number of hydrogen-bond acceptors (Lipinski definition) is 3. The van der Waals surface area contributed by atoms with E-state index in [0.717, 1.165) is 16.2 Å². The van der Waals surface area contributed by atoms with Crippen molar-refractivity contribution in [3.8, 4) is 5.75 Å². The summed E-state index contributed by atoms with van der Waals surface area (Å²) in [7, 11) is 0. The SMILES string of the molecule is CCOc1ccc(C[C@H](Sc2ccc(Cl)cc2)C(=O)O)cc1. The molecule has 0 amide bonds. The van der Waals surface area contributed by atoms with Crippen LogP contribution in [0.2, 0.25) is 5.02 Å². The van der Waals surface area contributed by atoms with Gasteiger partial charge in [-0.15, -0.1) is 11.8 Å². The lowest BCUT2D eigenvalue weighted by Gasteiger charge is -2.13. The average Bonchev–Trinajstić information content (AvgIpc) is 2.51. The molecule has 0 radical (unpaired) electrons. The smallest absolute Gasteiger partial charge is 0.317 e. The Morgan fingerprint density at radius 3 is 2.36 bits per heavy atom. The number of carboxylic acid groups (broad SMARTS) is 1. The Kier molecular flexibility index (Phi) is 6.16. The molecule has 0 aliphatic carbocycles. The van der Waals surface area contributed by atoms with Crippen LogP contribution in [0.25, 0.3) is 0 Å². The number of halogens is 1. The quantitative estimate of drug-likeness (QED) is 0.755. The first kappa shape index (κ1) is 16.7. The molecule has 0 fully saturated rings. The van der Waals surface area contributed by atoms with Gasteiger partial charge in [0.2, 0.25) is 0 Å². The third-order valence-electron chi connectivity index (χ3n) is 3.02. The minimum Gasteiger partial charge on any atom is -0.494 e. The number of benzene rings is 2. The lowest BCUT2D eigenvalue weighted by atomic mass is 10.1. The van der Waals surface area contributed by atoms with Gasteiger partial charge in [0, 0.05) is 9.92 Å². The van der Waals surface area contributed by atoms with Gasteiger partial charge in [0.05, 0.1) is 6.61 Å². The Labute approximate surface area is 139 Å². The van der Waals surface area contributed by atoms with Gasteiger partial charge in [-0.25, -0.2) is 0 Å². The largest absolute Gasteiger partial charge is 0.494 e. The molecular weight excluding hydrogens is 320 g/mol. The van der Waals surface area contributed by atoms with Crippen molar-refractivity contribution in [1.29, 1.82) is 0 Å². The zero-order chi connectivity index (χ0) is 15.9. The summed E-state index contributed by atoms with van der Waals surface area (Å²) in [5.41, 5.74) is 0.970. The molecule has 116 valence electrons. The lowest BCUT2D eigenvalue weighted by molar-refractivity contribution is -0.136. The number of ether oxygens (including phenoxy) is 1. The molecule has 0 bridgehead atoms. The molecule has 0 aliphatic rings. The maximum absolute atomic E-state index is 11.5. The Morgan fingerprint density at radius 2 is 1.82 bits per heavy atom. The number of hydrogen-bond donors (Lipinski definition) is 1. The van der Waals surface area contributed by atoms with Crippen molar-refractivity contribution in [3.05, 3.63) is 59.1 Å². The molecule has 5 heteroatoms. The highest BCUT2D eigenvalue weighted by Crippen LogP contribution is 2.27. The lowest BCUT2D eigenvalue weighted by Crippen LogP contribution is -2.19. The van der Waals surface area contributed by atoms with Crippen LogP contribution in [0.4, 0.5) is 0 Å². The van der Waals surface area contributed by atoms with E-state index in [1.54, 1.807) is 12.1 Å². The van der Waals surface area contributed by atoms with E-state index in [1.807, 2.05) is 43.3 Å². The monoisotopic (exact) mass is 336 g/mol. The zero-order valence-corrected chi connectivity index (χ0v) is 13.7. The first-order chi connectivity index (χ1) is 10.6. The van der Waals surface area contributed by atoms with Crippen molar-refractivity contribution in [2.24, 2.45) is 0 Å². The summed E-state index contributed by atoms with van der Waals surface area (Å²) < 4.78 is 5.39. The normalized spacial score (nSPS) is 11.9. The van der Waals surface area contributed by atoms with Gasteiger partial charge in [0.1, 0.15) is 11.0 Å². The minimum absolute atomic E-state index is 0.453. The summed E-state index contributed by atoms with van der Waals surface area (Å²) in [6, 6.07) is 14.7. The first-order valence-electron chi connectivity index (χ1n) is 6.95. The third kappa shape index (κ3) is 4.97. The van der Waals surface area contributed by atoms with E-state index >= 15 is 0 Å². The molecule has 0 heterocycles. The number of carbonyl (C=O) groups is 1. The molecule has 0 spiro atoms. The molecule has 1 atom stereocenters. The standard InChI is InChI=1S/C17H17ClO3S/c1-2-21-14-7-3-12(4-8-14)11-16(17(19)20)22-15-9-5-13(18)6-10-15/h3-10,16H,2,11H2,1H3,(H,19,20)/t16-/m0/s1. The van der Waals surface area contributed by atoms with Gasteiger partial charge in [0.15, 0.2) is 0 Å². The molecule has 1 N–H and O–H groups in total.